The third kappa shape index (κ3) is 12.3. The summed E-state index contributed by atoms with van der Waals surface area (Å²) in [6, 6.07) is 14.1. The summed E-state index contributed by atoms with van der Waals surface area (Å²) in [6.45, 7) is 5.06. The molecule has 0 aliphatic carbocycles. The first-order valence-corrected chi connectivity index (χ1v) is 20.2. The molecule has 0 atom stereocenters. The molecule has 0 unspecified atom stereocenters. The van der Waals surface area contributed by atoms with Gasteiger partial charge in [0.1, 0.15) is 0 Å². The second-order valence-corrected chi connectivity index (χ2v) is 15.0. The van der Waals surface area contributed by atoms with Crippen molar-refractivity contribution in [2.24, 2.45) is 0 Å². The second kappa shape index (κ2) is 20.8. The summed E-state index contributed by atoms with van der Waals surface area (Å²) in [5.41, 5.74) is 9.14. The molecule has 0 amide bonds. The number of aromatic carboxylic acids is 1. The van der Waals surface area contributed by atoms with Crippen LogP contribution >= 0.6 is 0 Å². The fourth-order valence-corrected chi connectivity index (χ4v) is 7.05. The van der Waals surface area contributed by atoms with E-state index in [4.69, 9.17) is 5.11 Å². The molecule has 0 fully saturated rings. The molecule has 62 heavy (non-hydrogen) atoms. The Morgan fingerprint density at radius 3 is 1.48 bits per heavy atom. The van der Waals surface area contributed by atoms with Crippen molar-refractivity contribution >= 4 is 34.4 Å². The first-order valence-electron chi connectivity index (χ1n) is 20.2. The number of alkyl halides is 6. The number of pyridine rings is 2. The lowest BCUT2D eigenvalue weighted by molar-refractivity contribution is -0.132. The molecule has 0 radical (unpaired) electrons. The molecule has 0 aliphatic heterocycles. The van der Waals surface area contributed by atoms with Gasteiger partial charge in [-0.3, -0.25) is 13.6 Å². The quantitative estimate of drug-likeness (QED) is 0.0420. The number of rotatable bonds is 18. The Kier molecular flexibility index (Phi) is 15.8. The highest BCUT2D eigenvalue weighted by Crippen LogP contribution is 2.31. The summed E-state index contributed by atoms with van der Waals surface area (Å²) in [5.74, 6) is -0.906. The Hall–Kier alpha value is -5.94. The number of Topliss-reactive ketones (excluding diaryl/α,β-unsaturated/α-hetero) is 1. The number of fused-ring (bicyclic) bond motifs is 2. The lowest BCUT2D eigenvalue weighted by atomic mass is 9.98. The van der Waals surface area contributed by atoms with Gasteiger partial charge in [0.05, 0.1) is 53.6 Å². The number of aliphatic hydroxyl groups excluding tert-OH is 2. The zero-order chi connectivity index (χ0) is 45.2. The van der Waals surface area contributed by atoms with Gasteiger partial charge in [-0.25, -0.2) is 14.8 Å². The molecule has 0 bridgehead atoms. The summed E-state index contributed by atoms with van der Waals surface area (Å²) in [6.07, 6.45) is 0.0859. The van der Waals surface area contributed by atoms with Crippen LogP contribution in [0.25, 0.3) is 33.8 Å². The monoisotopic (exact) mass is 868 g/mol. The predicted molar refractivity (Wildman–Crippen MR) is 226 cm³/mol. The van der Waals surface area contributed by atoms with E-state index in [2.05, 4.69) is 20.6 Å². The first-order chi connectivity index (χ1) is 29.4. The number of imidazole rings is 2. The van der Waals surface area contributed by atoms with Gasteiger partial charge in [-0.15, -0.1) is 0 Å². The van der Waals surface area contributed by atoms with E-state index in [9.17, 15) is 46.1 Å². The minimum absolute atomic E-state index is 0.00149. The van der Waals surface area contributed by atoms with Crippen LogP contribution in [0.3, 0.4) is 0 Å². The predicted octanol–water partition coefficient (Wildman–Crippen LogP) is 9.88. The number of aliphatic hydroxyl groups is 2. The van der Waals surface area contributed by atoms with Crippen LogP contribution in [0.4, 0.5) is 37.7 Å². The van der Waals surface area contributed by atoms with Gasteiger partial charge in [0.15, 0.2) is 17.1 Å². The normalized spacial score (nSPS) is 11.8. The lowest BCUT2D eigenvalue weighted by Crippen LogP contribution is -2.15. The number of carboxylic acids is 1. The van der Waals surface area contributed by atoms with Crippen LogP contribution in [0.15, 0.2) is 73.3 Å². The average Bonchev–Trinajstić information content (AvgIpc) is 3.83. The van der Waals surface area contributed by atoms with Gasteiger partial charge in [-0.05, 0) is 98.5 Å². The third-order valence-corrected chi connectivity index (χ3v) is 10.1. The number of hydrogen-bond donors (Lipinski definition) is 5. The van der Waals surface area contributed by atoms with Gasteiger partial charge >= 0.3 is 18.3 Å². The van der Waals surface area contributed by atoms with E-state index < -0.39 is 31.2 Å². The van der Waals surface area contributed by atoms with Gasteiger partial charge in [-0.1, -0.05) is 25.1 Å². The van der Waals surface area contributed by atoms with Gasteiger partial charge < -0.3 is 26.0 Å². The number of benzene rings is 2. The third-order valence-electron chi connectivity index (χ3n) is 10.1. The highest BCUT2D eigenvalue weighted by molar-refractivity contribution is 5.98. The van der Waals surface area contributed by atoms with E-state index in [-0.39, 0.29) is 37.6 Å². The number of ketones is 1. The molecule has 0 aliphatic rings. The molecule has 6 rings (SSSR count). The van der Waals surface area contributed by atoms with Gasteiger partial charge in [0.25, 0.3) is 0 Å². The molecule has 17 heteroatoms. The smallest absolute Gasteiger partial charge is 0.390 e. The Morgan fingerprint density at radius 1 is 0.677 bits per heavy atom. The van der Waals surface area contributed by atoms with E-state index in [0.29, 0.717) is 71.6 Å². The van der Waals surface area contributed by atoms with E-state index >= 15 is 0 Å². The summed E-state index contributed by atoms with van der Waals surface area (Å²) in [4.78, 5) is 32.4. The number of aryl methyl sites for hydroxylation is 4. The Balaban J connectivity index is 0.000000235. The Labute approximate surface area is 354 Å². The minimum Gasteiger partial charge on any atom is -0.478 e. The van der Waals surface area contributed by atoms with E-state index in [1.54, 1.807) is 48.0 Å². The number of nitrogens with one attached hydrogen (secondary N) is 2. The van der Waals surface area contributed by atoms with E-state index in [0.717, 1.165) is 39.9 Å². The second-order valence-electron chi connectivity index (χ2n) is 15.0. The molecule has 0 saturated heterocycles. The number of hydrogen-bond acceptors (Lipinski definition) is 8. The van der Waals surface area contributed by atoms with E-state index in [1.807, 2.05) is 48.8 Å². The zero-order valence-corrected chi connectivity index (χ0v) is 34.6. The fraction of sp³-hybridized carbons (Fsp3) is 0.378. The van der Waals surface area contributed by atoms with Crippen LogP contribution in [0, 0.1) is 13.8 Å². The first kappa shape index (κ1) is 47.1. The number of carboxylic acid groups (broad SMARTS) is 1. The summed E-state index contributed by atoms with van der Waals surface area (Å²) < 4.78 is 79.1. The van der Waals surface area contributed by atoms with Crippen LogP contribution in [-0.4, -0.2) is 84.5 Å². The maximum absolute atomic E-state index is 12.6. The number of anilines is 2. The molecule has 4 aromatic heterocycles. The van der Waals surface area contributed by atoms with Crippen LogP contribution < -0.4 is 10.6 Å². The summed E-state index contributed by atoms with van der Waals surface area (Å²) in [7, 11) is 0. The van der Waals surface area contributed by atoms with Crippen LogP contribution in [0.5, 0.6) is 0 Å². The van der Waals surface area contributed by atoms with Crippen molar-refractivity contribution in [1.82, 2.24) is 18.8 Å². The van der Waals surface area contributed by atoms with E-state index in [1.165, 1.54) is 6.07 Å². The van der Waals surface area contributed by atoms with Crippen molar-refractivity contribution in [3.8, 4) is 22.5 Å². The average molecular weight is 869 g/mol. The molecule has 2 aromatic carbocycles. The van der Waals surface area contributed by atoms with Crippen LogP contribution in [0.1, 0.15) is 88.4 Å². The van der Waals surface area contributed by atoms with Gasteiger partial charge in [-0.2, -0.15) is 26.3 Å². The standard InChI is InChI=1S/C24H28F3N3O2.C21H22F3N3O3/c1-3-5-22(32)19-8-7-18(12-16(19)2)21-14-29-23-20(28-10-9-24(25,26)27)13-17(6-4-11-31)15-30(21)23;1-13-9-15(4-5-16(13)20(29)30)18-11-26-19-17(25-7-6-21(22,23)24)10-14(3-2-8-28)12-27(18)19/h7-8,12-15,28,31H,3-6,9-11H2,1-2H3;4-5,9-12,25,28H,2-3,6-8H2,1H3,(H,29,30). The van der Waals surface area contributed by atoms with Crippen molar-refractivity contribution in [1.29, 1.82) is 0 Å². The molecular weight excluding hydrogens is 819 g/mol. The highest BCUT2D eigenvalue weighted by atomic mass is 19.4. The molecule has 332 valence electrons. The highest BCUT2D eigenvalue weighted by Gasteiger charge is 2.27. The molecule has 0 spiro atoms. The topological polar surface area (TPSA) is 153 Å². The maximum Gasteiger partial charge on any atom is 0.390 e. The zero-order valence-electron chi connectivity index (χ0n) is 34.6. The molecule has 11 nitrogen and oxygen atoms in total. The van der Waals surface area contributed by atoms with Crippen molar-refractivity contribution in [2.75, 3.05) is 36.9 Å². The van der Waals surface area contributed by atoms with Crippen molar-refractivity contribution in [3.63, 3.8) is 0 Å². The summed E-state index contributed by atoms with van der Waals surface area (Å²) >= 11 is 0. The Bertz CT molecular complexity index is 2490. The van der Waals surface area contributed by atoms with Crippen molar-refractivity contribution in [2.45, 2.75) is 84.5 Å². The number of carbonyl (C=O) groups is 2. The summed E-state index contributed by atoms with van der Waals surface area (Å²) in [5, 5.41) is 33.2. The molecule has 0 saturated carbocycles. The number of nitrogens with zero attached hydrogens (tertiary/aromatic N) is 4. The Morgan fingerprint density at radius 2 is 1.11 bits per heavy atom. The molecular formula is C45H50F6N6O5. The van der Waals surface area contributed by atoms with Gasteiger partial charge in [0, 0.05) is 61.8 Å². The SMILES string of the molecule is CCCC(=O)c1ccc(-c2cnc3c(NCCC(F)(F)F)cc(CCCO)cn23)cc1C.Cc1cc(-c2cnc3c(NCCC(F)(F)F)cc(CCCO)cn23)ccc1C(=O)O. The van der Waals surface area contributed by atoms with Gasteiger partial charge in [0.2, 0.25) is 0 Å². The minimum atomic E-state index is -4.26. The largest absolute Gasteiger partial charge is 0.478 e. The van der Waals surface area contributed by atoms with Crippen LogP contribution in [-0.2, 0) is 12.8 Å². The van der Waals surface area contributed by atoms with Crippen molar-refractivity contribution < 1.29 is 51.3 Å². The number of halogens is 6. The maximum atomic E-state index is 12.6. The fourth-order valence-electron chi connectivity index (χ4n) is 7.05. The number of carbonyl (C=O) groups excluding carboxylic acids is 1. The number of aromatic nitrogens is 4. The lowest BCUT2D eigenvalue weighted by Gasteiger charge is -2.13. The molecule has 4 heterocycles. The van der Waals surface area contributed by atoms with Crippen LogP contribution in [0.2, 0.25) is 0 Å². The molecule has 5 N–H and O–H groups in total. The molecule has 6 aromatic rings. The van der Waals surface area contributed by atoms with Crippen molar-refractivity contribution in [3.05, 3.63) is 107 Å².